The zero-order chi connectivity index (χ0) is 18.1. The summed E-state index contributed by atoms with van der Waals surface area (Å²) in [5.74, 6) is 1.03. The Kier molecular flexibility index (Phi) is 4.34. The molecular weight excluding hydrogens is 348 g/mol. The van der Waals surface area contributed by atoms with E-state index in [1.54, 1.807) is 0 Å². The van der Waals surface area contributed by atoms with Crippen LogP contribution < -0.4 is 5.63 Å². The number of nitrogens with zero attached hydrogens (tertiary/aromatic N) is 2. The molecule has 2 aromatic carbocycles. The highest BCUT2D eigenvalue weighted by atomic mass is 32.2. The topological polar surface area (TPSA) is 69.1 Å². The normalized spacial score (nSPS) is 11.2. The molecule has 0 aliphatic carbocycles. The quantitative estimate of drug-likeness (QED) is 0.384. The second-order valence-electron chi connectivity index (χ2n) is 6.12. The van der Waals surface area contributed by atoms with Crippen molar-refractivity contribution < 1.29 is 8.83 Å². The van der Waals surface area contributed by atoms with E-state index in [1.807, 2.05) is 56.3 Å². The molecule has 0 spiro atoms. The van der Waals surface area contributed by atoms with E-state index in [4.69, 9.17) is 8.83 Å². The van der Waals surface area contributed by atoms with Gasteiger partial charge in [-0.3, -0.25) is 0 Å². The maximum atomic E-state index is 11.8. The Balaban J connectivity index is 1.58. The highest BCUT2D eigenvalue weighted by Crippen LogP contribution is 2.28. The average molecular weight is 364 g/mol. The van der Waals surface area contributed by atoms with Crippen molar-refractivity contribution in [2.45, 2.75) is 24.8 Å². The maximum Gasteiger partial charge on any atom is 0.336 e. The van der Waals surface area contributed by atoms with Gasteiger partial charge in [-0.15, -0.1) is 10.2 Å². The average Bonchev–Trinajstić information content (AvgIpc) is 3.08. The molecule has 130 valence electrons. The van der Waals surface area contributed by atoms with Crippen molar-refractivity contribution in [2.24, 2.45) is 0 Å². The van der Waals surface area contributed by atoms with Crippen LogP contribution in [0, 0.1) is 13.8 Å². The largest absolute Gasteiger partial charge is 0.423 e. The van der Waals surface area contributed by atoms with Crippen LogP contribution in [0.3, 0.4) is 0 Å². The molecule has 0 saturated carbocycles. The third kappa shape index (κ3) is 3.41. The molecule has 0 atom stereocenters. The van der Waals surface area contributed by atoms with Crippen LogP contribution in [-0.4, -0.2) is 10.2 Å². The molecule has 0 radical (unpaired) electrons. The molecular formula is C20H16N2O3S. The first-order valence-electron chi connectivity index (χ1n) is 8.15. The van der Waals surface area contributed by atoms with E-state index in [0.717, 1.165) is 27.6 Å². The van der Waals surface area contributed by atoms with Gasteiger partial charge >= 0.3 is 5.63 Å². The highest BCUT2D eigenvalue weighted by Gasteiger charge is 2.12. The summed E-state index contributed by atoms with van der Waals surface area (Å²) in [6, 6.07) is 15.3. The van der Waals surface area contributed by atoms with Crippen LogP contribution in [0.25, 0.3) is 22.4 Å². The molecule has 4 aromatic rings. The fraction of sp³-hybridized carbons (Fsp3) is 0.150. The number of hydrogen-bond donors (Lipinski definition) is 0. The molecule has 2 aromatic heterocycles. The van der Waals surface area contributed by atoms with Crippen molar-refractivity contribution in [3.05, 3.63) is 75.6 Å². The van der Waals surface area contributed by atoms with Crippen LogP contribution in [0.15, 0.2) is 67.4 Å². The molecule has 0 fully saturated rings. The van der Waals surface area contributed by atoms with E-state index in [2.05, 4.69) is 10.2 Å². The number of thioether (sulfide) groups is 1. The Morgan fingerprint density at radius 3 is 2.65 bits per heavy atom. The third-order valence-corrected chi connectivity index (χ3v) is 4.88. The summed E-state index contributed by atoms with van der Waals surface area (Å²) in [5, 5.41) is 9.60. The molecule has 0 bridgehead atoms. The van der Waals surface area contributed by atoms with Gasteiger partial charge in [0.05, 0.1) is 0 Å². The van der Waals surface area contributed by atoms with Gasteiger partial charge in [0.15, 0.2) is 0 Å². The Bertz CT molecular complexity index is 1150. The molecule has 26 heavy (non-hydrogen) atoms. The van der Waals surface area contributed by atoms with Gasteiger partial charge in [0.2, 0.25) is 5.89 Å². The van der Waals surface area contributed by atoms with Crippen LogP contribution >= 0.6 is 11.8 Å². The van der Waals surface area contributed by atoms with Gasteiger partial charge in [0.1, 0.15) is 5.58 Å². The van der Waals surface area contributed by atoms with Crippen molar-refractivity contribution >= 4 is 22.7 Å². The molecule has 0 N–H and O–H groups in total. The van der Waals surface area contributed by atoms with Gasteiger partial charge in [0.25, 0.3) is 5.22 Å². The van der Waals surface area contributed by atoms with Crippen molar-refractivity contribution in [2.75, 3.05) is 0 Å². The van der Waals surface area contributed by atoms with Crippen molar-refractivity contribution in [1.29, 1.82) is 0 Å². The molecule has 0 aliphatic rings. The monoisotopic (exact) mass is 364 g/mol. The summed E-state index contributed by atoms with van der Waals surface area (Å²) in [4.78, 5) is 11.8. The number of rotatable bonds is 4. The molecule has 0 unspecified atom stereocenters. The lowest BCUT2D eigenvalue weighted by Crippen LogP contribution is -2.00. The highest BCUT2D eigenvalue weighted by molar-refractivity contribution is 7.98. The number of aromatic nitrogens is 2. The second kappa shape index (κ2) is 6.80. The number of fused-ring (bicyclic) bond motifs is 1. The molecule has 4 rings (SSSR count). The van der Waals surface area contributed by atoms with Crippen LogP contribution in [0.2, 0.25) is 0 Å². The van der Waals surface area contributed by atoms with Gasteiger partial charge in [0, 0.05) is 22.8 Å². The predicted molar refractivity (Wildman–Crippen MR) is 101 cm³/mol. The molecule has 0 aliphatic heterocycles. The fourth-order valence-corrected chi connectivity index (χ4v) is 3.51. The summed E-state index contributed by atoms with van der Waals surface area (Å²) < 4.78 is 11.0. The fourth-order valence-electron chi connectivity index (χ4n) is 2.76. The first-order valence-corrected chi connectivity index (χ1v) is 9.14. The lowest BCUT2D eigenvalue weighted by molar-refractivity contribution is 0.466. The molecule has 5 nitrogen and oxygen atoms in total. The van der Waals surface area contributed by atoms with Crippen molar-refractivity contribution in [1.82, 2.24) is 10.2 Å². The van der Waals surface area contributed by atoms with E-state index in [0.29, 0.717) is 22.4 Å². The van der Waals surface area contributed by atoms with Gasteiger partial charge in [-0.25, -0.2) is 4.79 Å². The standard InChI is InChI=1S/C20H16N2O3S/c1-12-4-3-5-14(8-12)19-21-22-20(25-19)26-11-15-10-18(23)24-17-9-13(2)6-7-16(15)17/h3-10H,11H2,1-2H3. The number of benzene rings is 2. The van der Waals surface area contributed by atoms with Gasteiger partial charge < -0.3 is 8.83 Å². The SMILES string of the molecule is Cc1cccc(-c2nnc(SCc3cc(=O)oc4cc(C)ccc34)o2)c1. The van der Waals surface area contributed by atoms with Crippen LogP contribution in [0.4, 0.5) is 0 Å². The minimum absolute atomic E-state index is 0.357. The van der Waals surface area contributed by atoms with Gasteiger partial charge in [-0.1, -0.05) is 41.6 Å². The molecule has 2 heterocycles. The van der Waals surface area contributed by atoms with Crippen molar-refractivity contribution in [3.63, 3.8) is 0 Å². The lowest BCUT2D eigenvalue weighted by atomic mass is 10.1. The second-order valence-corrected chi connectivity index (χ2v) is 7.05. The first kappa shape index (κ1) is 16.6. The Morgan fingerprint density at radius 1 is 0.962 bits per heavy atom. The smallest absolute Gasteiger partial charge is 0.336 e. The molecule has 6 heteroatoms. The summed E-state index contributed by atoms with van der Waals surface area (Å²) in [6.45, 7) is 3.98. The Morgan fingerprint density at radius 2 is 1.81 bits per heavy atom. The predicted octanol–water partition coefficient (Wildman–Crippen LogP) is 4.75. The minimum Gasteiger partial charge on any atom is -0.423 e. The summed E-state index contributed by atoms with van der Waals surface area (Å²) in [5.41, 5.74) is 4.20. The summed E-state index contributed by atoms with van der Waals surface area (Å²) in [6.07, 6.45) is 0. The lowest BCUT2D eigenvalue weighted by Gasteiger charge is -2.04. The van der Waals surface area contributed by atoms with Crippen molar-refractivity contribution in [3.8, 4) is 11.5 Å². The molecule has 0 saturated heterocycles. The van der Waals surface area contributed by atoms with E-state index < -0.39 is 0 Å². The van der Waals surface area contributed by atoms with Crippen LogP contribution in [0.5, 0.6) is 0 Å². The Labute approximate surface area is 154 Å². The zero-order valence-electron chi connectivity index (χ0n) is 14.4. The zero-order valence-corrected chi connectivity index (χ0v) is 15.2. The summed E-state index contributed by atoms with van der Waals surface area (Å²) >= 11 is 1.40. The van der Waals surface area contributed by atoms with Gasteiger partial charge in [-0.2, -0.15) is 0 Å². The van der Waals surface area contributed by atoms with E-state index in [1.165, 1.54) is 17.8 Å². The maximum absolute atomic E-state index is 11.8. The number of hydrogen-bond acceptors (Lipinski definition) is 6. The minimum atomic E-state index is -0.357. The summed E-state index contributed by atoms with van der Waals surface area (Å²) in [7, 11) is 0. The first-order chi connectivity index (χ1) is 12.6. The molecule has 0 amide bonds. The van der Waals surface area contributed by atoms with Gasteiger partial charge in [-0.05, 0) is 43.2 Å². The van der Waals surface area contributed by atoms with Crippen LogP contribution in [0.1, 0.15) is 16.7 Å². The third-order valence-electron chi connectivity index (χ3n) is 4.01. The number of aryl methyl sites for hydroxylation is 2. The van der Waals surface area contributed by atoms with Crippen LogP contribution in [-0.2, 0) is 5.75 Å². The van der Waals surface area contributed by atoms with E-state index >= 15 is 0 Å². The Hall–Kier alpha value is -2.86. The van der Waals surface area contributed by atoms with E-state index in [9.17, 15) is 4.79 Å². The van der Waals surface area contributed by atoms with E-state index in [-0.39, 0.29) is 5.63 Å².